The molecule has 1 atom stereocenters. The summed E-state index contributed by atoms with van der Waals surface area (Å²) < 4.78 is 33.2. The van der Waals surface area contributed by atoms with E-state index in [0.29, 0.717) is 18.7 Å². The van der Waals surface area contributed by atoms with Crippen molar-refractivity contribution in [2.75, 3.05) is 19.0 Å². The van der Waals surface area contributed by atoms with Crippen LogP contribution in [0.1, 0.15) is 19.8 Å². The molecule has 0 aliphatic carbocycles. The summed E-state index contributed by atoms with van der Waals surface area (Å²) in [5, 5.41) is 7.79. The van der Waals surface area contributed by atoms with Gasteiger partial charge in [-0.3, -0.25) is 4.79 Å². The molecule has 0 bridgehead atoms. The fraction of sp³-hybridized carbons (Fsp3) is 0.462. The van der Waals surface area contributed by atoms with Gasteiger partial charge in [-0.25, -0.2) is 13.6 Å². The summed E-state index contributed by atoms with van der Waals surface area (Å²) in [4.78, 5) is 12.1. The van der Waals surface area contributed by atoms with Crippen molar-refractivity contribution in [2.24, 2.45) is 5.14 Å². The van der Waals surface area contributed by atoms with Crippen LogP contribution in [0.25, 0.3) is 0 Å². The summed E-state index contributed by atoms with van der Waals surface area (Å²) in [6.45, 7) is 2.28. The van der Waals surface area contributed by atoms with Crippen LogP contribution in [0.3, 0.4) is 0 Å². The van der Waals surface area contributed by atoms with E-state index in [0.717, 1.165) is 6.42 Å². The summed E-state index contributed by atoms with van der Waals surface area (Å²) in [5.74, 6) is -0.196. The normalized spacial score (nSPS) is 22.0. The van der Waals surface area contributed by atoms with Crippen LogP contribution in [-0.2, 0) is 19.6 Å². The Bertz CT molecular complexity index is 651. The van der Waals surface area contributed by atoms with Gasteiger partial charge in [0.1, 0.15) is 16.2 Å². The Morgan fingerprint density at radius 3 is 2.71 bits per heavy atom. The van der Waals surface area contributed by atoms with Crippen molar-refractivity contribution in [3.05, 3.63) is 18.2 Å². The molecule has 1 heterocycles. The van der Waals surface area contributed by atoms with Gasteiger partial charge in [-0.15, -0.1) is 0 Å². The third kappa shape index (κ3) is 3.34. The van der Waals surface area contributed by atoms with Crippen molar-refractivity contribution < 1.29 is 22.7 Å². The summed E-state index contributed by atoms with van der Waals surface area (Å²) in [6.07, 6.45) is 1.48. The van der Waals surface area contributed by atoms with Gasteiger partial charge in [0.05, 0.1) is 7.11 Å². The first-order chi connectivity index (χ1) is 9.76. The van der Waals surface area contributed by atoms with Crippen molar-refractivity contribution in [3.63, 3.8) is 0 Å². The standard InChI is InChI=1S/C13H18N2O5S/c1-13(6-3-7-20-13)12(16)15-9-4-5-11(21(14,17)18)10(8-9)19-2/h4-5,8H,3,6-7H2,1-2H3,(H,15,16)(H2,14,17,18). The SMILES string of the molecule is COc1cc(NC(=O)C2(C)CCCO2)ccc1S(N)(=O)=O. The molecule has 0 spiro atoms. The number of carbonyl (C=O) groups excluding carboxylic acids is 1. The largest absolute Gasteiger partial charge is 0.495 e. The third-order valence-electron chi connectivity index (χ3n) is 3.43. The van der Waals surface area contributed by atoms with Crippen molar-refractivity contribution in [3.8, 4) is 5.75 Å². The molecule has 2 rings (SSSR count). The predicted octanol–water partition coefficient (Wildman–Crippen LogP) is 0.850. The zero-order valence-corrected chi connectivity index (χ0v) is 12.7. The van der Waals surface area contributed by atoms with Crippen LogP contribution < -0.4 is 15.2 Å². The highest BCUT2D eigenvalue weighted by molar-refractivity contribution is 7.89. The van der Waals surface area contributed by atoms with Crippen molar-refractivity contribution >= 4 is 21.6 Å². The molecule has 3 N–H and O–H groups in total. The Morgan fingerprint density at radius 1 is 1.48 bits per heavy atom. The minimum Gasteiger partial charge on any atom is -0.495 e. The maximum absolute atomic E-state index is 12.2. The zero-order valence-electron chi connectivity index (χ0n) is 11.9. The fourth-order valence-corrected chi connectivity index (χ4v) is 2.88. The molecule has 1 fully saturated rings. The number of carbonyl (C=O) groups is 1. The van der Waals surface area contributed by atoms with Gasteiger partial charge in [-0.2, -0.15) is 0 Å². The van der Waals surface area contributed by atoms with E-state index in [4.69, 9.17) is 14.6 Å². The minimum atomic E-state index is -3.88. The number of amides is 1. The Kier molecular flexibility index (Phi) is 4.22. The maximum atomic E-state index is 12.2. The molecule has 1 aromatic carbocycles. The van der Waals surface area contributed by atoms with Crippen LogP contribution in [0, 0.1) is 0 Å². The van der Waals surface area contributed by atoms with E-state index >= 15 is 0 Å². The lowest BCUT2D eigenvalue weighted by Gasteiger charge is -2.22. The van der Waals surface area contributed by atoms with Crippen LogP contribution in [0.2, 0.25) is 0 Å². The number of hydrogen-bond donors (Lipinski definition) is 2. The zero-order chi connectivity index (χ0) is 15.7. The van der Waals surface area contributed by atoms with E-state index in [-0.39, 0.29) is 16.6 Å². The van der Waals surface area contributed by atoms with Gasteiger partial charge in [0, 0.05) is 18.4 Å². The molecule has 0 radical (unpaired) electrons. The predicted molar refractivity (Wildman–Crippen MR) is 76.6 cm³/mol. The topological polar surface area (TPSA) is 108 Å². The highest BCUT2D eigenvalue weighted by Gasteiger charge is 2.37. The van der Waals surface area contributed by atoms with Gasteiger partial charge in [0.25, 0.3) is 5.91 Å². The number of nitrogens with one attached hydrogen (secondary N) is 1. The smallest absolute Gasteiger partial charge is 0.256 e. The third-order valence-corrected chi connectivity index (χ3v) is 4.38. The van der Waals surface area contributed by atoms with Crippen LogP contribution in [0.5, 0.6) is 5.75 Å². The van der Waals surface area contributed by atoms with Gasteiger partial charge < -0.3 is 14.8 Å². The number of methoxy groups -OCH3 is 1. The molecule has 1 saturated heterocycles. The van der Waals surface area contributed by atoms with Gasteiger partial charge in [-0.05, 0) is 31.9 Å². The van der Waals surface area contributed by atoms with Crippen molar-refractivity contribution in [2.45, 2.75) is 30.3 Å². The Hall–Kier alpha value is -1.64. The molecule has 21 heavy (non-hydrogen) atoms. The highest BCUT2D eigenvalue weighted by atomic mass is 32.2. The summed E-state index contributed by atoms with van der Waals surface area (Å²) in [7, 11) is -2.55. The van der Waals surface area contributed by atoms with Crippen LogP contribution in [0.15, 0.2) is 23.1 Å². The number of rotatable bonds is 4. The van der Waals surface area contributed by atoms with E-state index in [9.17, 15) is 13.2 Å². The molecule has 1 aliphatic heterocycles. The van der Waals surface area contributed by atoms with E-state index in [2.05, 4.69) is 5.32 Å². The molecule has 0 aromatic heterocycles. The molecule has 116 valence electrons. The number of sulfonamides is 1. The fourth-order valence-electron chi connectivity index (χ4n) is 2.20. The highest BCUT2D eigenvalue weighted by Crippen LogP contribution is 2.29. The molecule has 1 aromatic rings. The number of anilines is 1. The molecule has 7 nitrogen and oxygen atoms in total. The lowest BCUT2D eigenvalue weighted by atomic mass is 10.0. The van der Waals surface area contributed by atoms with Crippen LogP contribution in [0.4, 0.5) is 5.69 Å². The number of hydrogen-bond acceptors (Lipinski definition) is 5. The van der Waals surface area contributed by atoms with Crippen LogP contribution >= 0.6 is 0 Å². The van der Waals surface area contributed by atoms with Crippen molar-refractivity contribution in [1.29, 1.82) is 0 Å². The van der Waals surface area contributed by atoms with Gasteiger partial charge >= 0.3 is 0 Å². The first kappa shape index (κ1) is 15.7. The molecule has 1 amide bonds. The Labute approximate surface area is 123 Å². The van der Waals surface area contributed by atoms with Crippen molar-refractivity contribution in [1.82, 2.24) is 0 Å². The summed E-state index contributed by atoms with van der Waals surface area (Å²) in [6, 6.07) is 4.16. The Balaban J connectivity index is 2.24. The number of nitrogens with two attached hydrogens (primary N) is 1. The first-order valence-electron chi connectivity index (χ1n) is 6.42. The van der Waals surface area contributed by atoms with Gasteiger partial charge in [-0.1, -0.05) is 0 Å². The quantitative estimate of drug-likeness (QED) is 0.856. The van der Waals surface area contributed by atoms with Gasteiger partial charge in [0.2, 0.25) is 10.0 Å². The minimum absolute atomic E-state index is 0.0767. The average Bonchev–Trinajstić information content (AvgIpc) is 2.85. The van der Waals surface area contributed by atoms with Crippen LogP contribution in [-0.4, -0.2) is 33.6 Å². The Morgan fingerprint density at radius 2 is 2.19 bits per heavy atom. The monoisotopic (exact) mass is 314 g/mol. The summed E-state index contributed by atoms with van der Waals surface area (Å²) in [5.41, 5.74) is -0.438. The maximum Gasteiger partial charge on any atom is 0.256 e. The molecule has 1 aliphatic rings. The van der Waals surface area contributed by atoms with E-state index < -0.39 is 15.6 Å². The number of primary sulfonamides is 1. The second-order valence-corrected chi connectivity index (χ2v) is 6.58. The molecule has 1 unspecified atom stereocenters. The molecular formula is C13H18N2O5S. The first-order valence-corrected chi connectivity index (χ1v) is 7.97. The lowest BCUT2D eigenvalue weighted by Crippen LogP contribution is -2.39. The molecule has 0 saturated carbocycles. The lowest BCUT2D eigenvalue weighted by molar-refractivity contribution is -0.133. The van der Waals surface area contributed by atoms with E-state index in [1.54, 1.807) is 6.92 Å². The number of benzene rings is 1. The second-order valence-electron chi connectivity index (χ2n) is 5.05. The molecule has 8 heteroatoms. The van der Waals surface area contributed by atoms with Gasteiger partial charge in [0.15, 0.2) is 0 Å². The summed E-state index contributed by atoms with van der Waals surface area (Å²) >= 11 is 0. The van der Waals surface area contributed by atoms with E-state index in [1.807, 2.05) is 0 Å². The van der Waals surface area contributed by atoms with E-state index in [1.165, 1.54) is 25.3 Å². The molecular weight excluding hydrogens is 296 g/mol. The second kappa shape index (κ2) is 5.63. The number of ether oxygens (including phenoxy) is 2. The average molecular weight is 314 g/mol.